The van der Waals surface area contributed by atoms with Gasteiger partial charge in [-0.25, -0.2) is 0 Å². The fraction of sp³-hybridized carbons (Fsp3) is 0.538. The molecule has 94 valence electrons. The molecule has 1 aromatic carbocycles. The number of benzene rings is 1. The number of hydrogen-bond acceptors (Lipinski definition) is 4. The van der Waals surface area contributed by atoms with Crippen molar-refractivity contribution in [3.8, 4) is 5.75 Å². The number of rotatable bonds is 4. The van der Waals surface area contributed by atoms with E-state index in [4.69, 9.17) is 19.9 Å². The zero-order chi connectivity index (χ0) is 12.3. The maximum atomic E-state index is 5.74. The lowest BCUT2D eigenvalue weighted by Gasteiger charge is -2.26. The highest BCUT2D eigenvalue weighted by molar-refractivity contribution is 5.30. The summed E-state index contributed by atoms with van der Waals surface area (Å²) in [5, 5.41) is 0. The molecule has 0 saturated carbocycles. The Kier molecular flexibility index (Phi) is 3.66. The SMILES string of the molecule is CC(C)Oc1ccc(C2(CN)OCCO2)cc1. The largest absolute Gasteiger partial charge is 0.491 e. The molecule has 1 saturated heterocycles. The molecule has 1 aliphatic heterocycles. The first-order valence-electron chi connectivity index (χ1n) is 5.91. The van der Waals surface area contributed by atoms with Crippen LogP contribution in [0.3, 0.4) is 0 Å². The Labute approximate surface area is 102 Å². The molecule has 0 unspecified atom stereocenters. The minimum atomic E-state index is -0.767. The van der Waals surface area contributed by atoms with Crippen molar-refractivity contribution in [1.29, 1.82) is 0 Å². The second-order valence-corrected chi connectivity index (χ2v) is 4.34. The van der Waals surface area contributed by atoms with Crippen LogP contribution in [-0.2, 0) is 15.3 Å². The smallest absolute Gasteiger partial charge is 0.207 e. The second kappa shape index (κ2) is 5.04. The van der Waals surface area contributed by atoms with Crippen molar-refractivity contribution in [3.05, 3.63) is 29.8 Å². The Morgan fingerprint density at radius 3 is 2.29 bits per heavy atom. The molecule has 0 amide bonds. The third-order valence-electron chi connectivity index (χ3n) is 2.69. The van der Waals surface area contributed by atoms with E-state index in [0.29, 0.717) is 19.8 Å². The highest BCUT2D eigenvalue weighted by atomic mass is 16.7. The number of hydrogen-bond donors (Lipinski definition) is 1. The molecule has 0 bridgehead atoms. The van der Waals surface area contributed by atoms with E-state index >= 15 is 0 Å². The molecule has 0 radical (unpaired) electrons. The highest BCUT2D eigenvalue weighted by Gasteiger charge is 2.37. The molecule has 1 heterocycles. The molecule has 1 fully saturated rings. The summed E-state index contributed by atoms with van der Waals surface area (Å²) in [6.07, 6.45) is 0.170. The summed E-state index contributed by atoms with van der Waals surface area (Å²) in [6.45, 7) is 5.48. The molecular weight excluding hydrogens is 218 g/mol. The van der Waals surface area contributed by atoms with Gasteiger partial charge in [-0.1, -0.05) is 0 Å². The average molecular weight is 237 g/mol. The lowest BCUT2D eigenvalue weighted by molar-refractivity contribution is -0.156. The van der Waals surface area contributed by atoms with Gasteiger partial charge in [0.05, 0.1) is 25.9 Å². The van der Waals surface area contributed by atoms with E-state index in [9.17, 15) is 0 Å². The quantitative estimate of drug-likeness (QED) is 0.864. The molecule has 4 nitrogen and oxygen atoms in total. The third-order valence-corrected chi connectivity index (χ3v) is 2.69. The van der Waals surface area contributed by atoms with Gasteiger partial charge in [-0.05, 0) is 38.1 Å². The van der Waals surface area contributed by atoms with Crippen LogP contribution in [0, 0.1) is 0 Å². The molecule has 4 heteroatoms. The predicted octanol–water partition coefficient (Wildman–Crippen LogP) is 1.63. The Morgan fingerprint density at radius 2 is 1.82 bits per heavy atom. The van der Waals surface area contributed by atoms with E-state index in [0.717, 1.165) is 11.3 Å². The lowest BCUT2D eigenvalue weighted by atomic mass is 10.1. The van der Waals surface area contributed by atoms with E-state index in [-0.39, 0.29) is 6.10 Å². The van der Waals surface area contributed by atoms with Gasteiger partial charge in [0.2, 0.25) is 5.79 Å². The van der Waals surface area contributed by atoms with E-state index in [1.54, 1.807) is 0 Å². The van der Waals surface area contributed by atoms with Crippen LogP contribution in [-0.4, -0.2) is 25.9 Å². The van der Waals surface area contributed by atoms with Crippen molar-refractivity contribution in [2.75, 3.05) is 19.8 Å². The Bertz CT molecular complexity index is 355. The monoisotopic (exact) mass is 237 g/mol. The van der Waals surface area contributed by atoms with Crippen LogP contribution in [0.25, 0.3) is 0 Å². The van der Waals surface area contributed by atoms with Crippen LogP contribution in [0.5, 0.6) is 5.75 Å². The van der Waals surface area contributed by atoms with Gasteiger partial charge in [0.15, 0.2) is 0 Å². The molecule has 1 aliphatic rings. The van der Waals surface area contributed by atoms with Gasteiger partial charge >= 0.3 is 0 Å². The van der Waals surface area contributed by atoms with Gasteiger partial charge in [-0.3, -0.25) is 0 Å². The molecular formula is C13H19NO3. The summed E-state index contributed by atoms with van der Waals surface area (Å²) in [5.74, 6) is 0.0741. The minimum absolute atomic E-state index is 0.170. The summed E-state index contributed by atoms with van der Waals surface area (Å²) in [7, 11) is 0. The Hall–Kier alpha value is -1.10. The Balaban J connectivity index is 2.16. The average Bonchev–Trinajstić information content (AvgIpc) is 2.79. The van der Waals surface area contributed by atoms with E-state index in [1.807, 2.05) is 38.1 Å². The molecule has 0 aromatic heterocycles. The van der Waals surface area contributed by atoms with Gasteiger partial charge in [0.25, 0.3) is 0 Å². The Morgan fingerprint density at radius 1 is 1.24 bits per heavy atom. The van der Waals surface area contributed by atoms with Crippen LogP contribution in [0.15, 0.2) is 24.3 Å². The fourth-order valence-electron chi connectivity index (χ4n) is 1.92. The summed E-state index contributed by atoms with van der Waals surface area (Å²) in [5.41, 5.74) is 6.68. The predicted molar refractivity (Wildman–Crippen MR) is 64.8 cm³/mol. The zero-order valence-corrected chi connectivity index (χ0v) is 10.3. The highest BCUT2D eigenvalue weighted by Crippen LogP contribution is 2.31. The van der Waals surface area contributed by atoms with Crippen molar-refractivity contribution in [1.82, 2.24) is 0 Å². The van der Waals surface area contributed by atoms with Crippen LogP contribution in [0.1, 0.15) is 19.4 Å². The van der Waals surface area contributed by atoms with E-state index in [2.05, 4.69) is 0 Å². The minimum Gasteiger partial charge on any atom is -0.491 e. The van der Waals surface area contributed by atoms with Gasteiger partial charge in [-0.2, -0.15) is 0 Å². The standard InChI is InChI=1S/C13H19NO3/c1-10(2)17-12-5-3-11(4-6-12)13(9-14)15-7-8-16-13/h3-6,10H,7-9,14H2,1-2H3. The summed E-state index contributed by atoms with van der Waals surface area (Å²) in [4.78, 5) is 0. The topological polar surface area (TPSA) is 53.7 Å². The van der Waals surface area contributed by atoms with E-state index in [1.165, 1.54) is 0 Å². The molecule has 17 heavy (non-hydrogen) atoms. The normalized spacial score (nSPS) is 18.6. The third kappa shape index (κ3) is 2.60. The van der Waals surface area contributed by atoms with Crippen molar-refractivity contribution >= 4 is 0 Å². The molecule has 0 atom stereocenters. The van der Waals surface area contributed by atoms with Crippen molar-refractivity contribution in [2.24, 2.45) is 5.73 Å². The van der Waals surface area contributed by atoms with Gasteiger partial charge in [0.1, 0.15) is 5.75 Å². The molecule has 0 spiro atoms. The van der Waals surface area contributed by atoms with Gasteiger partial charge < -0.3 is 19.9 Å². The lowest BCUT2D eigenvalue weighted by Crippen LogP contribution is -2.36. The van der Waals surface area contributed by atoms with Crippen molar-refractivity contribution < 1.29 is 14.2 Å². The van der Waals surface area contributed by atoms with Crippen LogP contribution < -0.4 is 10.5 Å². The van der Waals surface area contributed by atoms with Crippen molar-refractivity contribution in [3.63, 3.8) is 0 Å². The summed E-state index contributed by atoms with van der Waals surface area (Å²) in [6, 6.07) is 7.71. The molecule has 2 N–H and O–H groups in total. The van der Waals surface area contributed by atoms with E-state index < -0.39 is 5.79 Å². The zero-order valence-electron chi connectivity index (χ0n) is 10.3. The van der Waals surface area contributed by atoms with Crippen LogP contribution in [0.4, 0.5) is 0 Å². The van der Waals surface area contributed by atoms with Crippen molar-refractivity contribution in [2.45, 2.75) is 25.7 Å². The van der Waals surface area contributed by atoms with Gasteiger partial charge in [-0.15, -0.1) is 0 Å². The van der Waals surface area contributed by atoms with Crippen LogP contribution >= 0.6 is 0 Å². The fourth-order valence-corrected chi connectivity index (χ4v) is 1.92. The number of ether oxygens (including phenoxy) is 3. The molecule has 1 aromatic rings. The number of nitrogens with two attached hydrogens (primary N) is 1. The van der Waals surface area contributed by atoms with Gasteiger partial charge in [0, 0.05) is 5.56 Å². The first-order chi connectivity index (χ1) is 8.16. The first-order valence-corrected chi connectivity index (χ1v) is 5.91. The molecule has 0 aliphatic carbocycles. The summed E-state index contributed by atoms with van der Waals surface area (Å²) >= 11 is 0. The first kappa shape index (κ1) is 12.4. The molecule has 2 rings (SSSR count). The maximum Gasteiger partial charge on any atom is 0.207 e. The van der Waals surface area contributed by atoms with Crippen LogP contribution in [0.2, 0.25) is 0 Å². The maximum absolute atomic E-state index is 5.74. The second-order valence-electron chi connectivity index (χ2n) is 4.34. The summed E-state index contributed by atoms with van der Waals surface area (Å²) < 4.78 is 16.8.